The molecule has 3 aliphatic heterocycles. The summed E-state index contributed by atoms with van der Waals surface area (Å²) in [5.74, 6) is -0.0529. The van der Waals surface area contributed by atoms with Crippen LogP contribution in [0, 0.1) is 5.41 Å². The SMILES string of the molecule is COc1cc([C@@H]2C[C@@H](O)C[C@H](CCc3ccc(O)c(OCO)c3)O2)cc(OC[C@H]2N[C@@H](C)CC[C@]2(CC(=O)O)CC2=CCNC(N)=C2)c1O. The van der Waals surface area contributed by atoms with E-state index in [1.54, 1.807) is 24.3 Å². The number of phenolic OH excluding ortho intramolecular Hbond substituents is 2. The summed E-state index contributed by atoms with van der Waals surface area (Å²) in [7, 11) is 1.45. The number of ether oxygens (including phenoxy) is 4. The van der Waals surface area contributed by atoms with Crippen molar-refractivity contribution in [3.63, 3.8) is 0 Å². The quantitative estimate of drug-likeness (QED) is 0.135. The van der Waals surface area contributed by atoms with E-state index in [2.05, 4.69) is 17.6 Å². The number of aromatic hydroxyl groups is 2. The molecule has 0 radical (unpaired) electrons. The topological polar surface area (TPSA) is 205 Å². The predicted molar refractivity (Wildman–Crippen MR) is 180 cm³/mol. The number of benzene rings is 2. The molecule has 49 heavy (non-hydrogen) atoms. The summed E-state index contributed by atoms with van der Waals surface area (Å²) in [6.45, 7) is 2.17. The van der Waals surface area contributed by atoms with Crippen molar-refractivity contribution in [2.75, 3.05) is 27.1 Å². The zero-order chi connectivity index (χ0) is 35.1. The number of rotatable bonds is 14. The first-order chi connectivity index (χ1) is 23.5. The molecule has 3 heterocycles. The maximum absolute atomic E-state index is 12.2. The lowest BCUT2D eigenvalue weighted by Crippen LogP contribution is -2.57. The number of hydrogen-bond donors (Lipinski definition) is 8. The van der Waals surface area contributed by atoms with Gasteiger partial charge in [0.15, 0.2) is 29.8 Å². The molecular weight excluding hydrogens is 634 g/mol. The van der Waals surface area contributed by atoms with Gasteiger partial charge in [0.25, 0.3) is 0 Å². The monoisotopic (exact) mass is 683 g/mol. The lowest BCUT2D eigenvalue weighted by Gasteiger charge is -2.46. The van der Waals surface area contributed by atoms with Gasteiger partial charge in [-0.3, -0.25) is 4.79 Å². The molecule has 0 aromatic heterocycles. The summed E-state index contributed by atoms with van der Waals surface area (Å²) in [6, 6.07) is 8.10. The Labute approximate surface area is 286 Å². The van der Waals surface area contributed by atoms with Gasteiger partial charge in [0.1, 0.15) is 6.61 Å². The van der Waals surface area contributed by atoms with Gasteiger partial charge in [0.2, 0.25) is 5.75 Å². The van der Waals surface area contributed by atoms with Crippen LogP contribution in [0.4, 0.5) is 0 Å². The number of aliphatic carboxylic acids is 1. The molecule has 2 aromatic rings. The lowest BCUT2D eigenvalue weighted by atomic mass is 9.66. The van der Waals surface area contributed by atoms with E-state index in [9.17, 15) is 25.2 Å². The molecular formula is C36H49N3O10. The number of carboxylic acids is 1. The maximum atomic E-state index is 12.2. The van der Waals surface area contributed by atoms with Crippen molar-refractivity contribution in [1.29, 1.82) is 0 Å². The second-order valence-corrected chi connectivity index (χ2v) is 13.4. The van der Waals surface area contributed by atoms with Crippen LogP contribution in [-0.2, 0) is 16.0 Å². The van der Waals surface area contributed by atoms with Gasteiger partial charge in [0.05, 0.1) is 37.7 Å². The Morgan fingerprint density at radius 1 is 1.12 bits per heavy atom. The van der Waals surface area contributed by atoms with Gasteiger partial charge in [-0.1, -0.05) is 12.1 Å². The third-order valence-electron chi connectivity index (χ3n) is 9.81. The van der Waals surface area contributed by atoms with E-state index in [1.165, 1.54) is 13.2 Å². The number of hydrogen-bond acceptors (Lipinski definition) is 12. The van der Waals surface area contributed by atoms with Crippen LogP contribution in [0.5, 0.6) is 28.7 Å². The van der Waals surface area contributed by atoms with Crippen molar-refractivity contribution >= 4 is 5.97 Å². The van der Waals surface area contributed by atoms with Crippen LogP contribution in [0.15, 0.2) is 53.9 Å². The standard InChI is InChI=1S/C36H49N3O10/c1-21-7-9-36(18-34(43)44,17-23-8-10-38-33(37)12-23)32(39-21)19-47-31-14-24(13-30(46-2)35(31)45)28-16-25(41)15-26(49-28)5-3-22-4-6-27(42)29(11-22)48-20-40/h4,6,8,11-14,21,25-26,28,32,38-42,45H,3,5,7,9-10,15-20,37H2,1-2H3,(H,43,44)/t21-,25-,26-,28-,32+,36+/m0/s1. The molecule has 2 saturated heterocycles. The largest absolute Gasteiger partial charge is 0.504 e. The number of allylic oxidation sites excluding steroid dienone is 2. The van der Waals surface area contributed by atoms with Gasteiger partial charge in [0, 0.05) is 30.5 Å². The zero-order valence-electron chi connectivity index (χ0n) is 28.1. The van der Waals surface area contributed by atoms with Gasteiger partial charge in [-0.05, 0) is 92.5 Å². The number of nitrogens with one attached hydrogen (secondary N) is 2. The van der Waals surface area contributed by atoms with Crippen LogP contribution in [0.3, 0.4) is 0 Å². The minimum atomic E-state index is -0.897. The number of carboxylic acid groups (broad SMARTS) is 1. The Kier molecular flexibility index (Phi) is 11.8. The van der Waals surface area contributed by atoms with E-state index < -0.39 is 30.4 Å². The molecule has 5 rings (SSSR count). The number of aliphatic hydroxyl groups is 2. The Morgan fingerprint density at radius 2 is 1.92 bits per heavy atom. The van der Waals surface area contributed by atoms with Gasteiger partial charge >= 0.3 is 5.97 Å². The van der Waals surface area contributed by atoms with Crippen molar-refractivity contribution in [2.45, 2.75) is 88.7 Å². The Bertz CT molecular complexity index is 1530. The average molecular weight is 684 g/mol. The summed E-state index contributed by atoms with van der Waals surface area (Å²) >= 11 is 0. The molecule has 9 N–H and O–H groups in total. The molecule has 6 atom stereocenters. The van der Waals surface area contributed by atoms with Gasteiger partial charge in [-0.25, -0.2) is 0 Å². The fourth-order valence-corrected chi connectivity index (χ4v) is 7.28. The van der Waals surface area contributed by atoms with E-state index >= 15 is 0 Å². The second-order valence-electron chi connectivity index (χ2n) is 13.4. The molecule has 13 nitrogen and oxygen atoms in total. The fourth-order valence-electron chi connectivity index (χ4n) is 7.28. The van der Waals surface area contributed by atoms with E-state index in [-0.39, 0.29) is 60.0 Å². The zero-order valence-corrected chi connectivity index (χ0v) is 28.1. The number of phenols is 2. The molecule has 0 unspecified atom stereocenters. The van der Waals surface area contributed by atoms with Gasteiger partial charge in [-0.2, -0.15) is 0 Å². The first kappa shape index (κ1) is 36.1. The van der Waals surface area contributed by atoms with E-state index in [0.29, 0.717) is 56.5 Å². The highest BCUT2D eigenvalue weighted by atomic mass is 16.6. The number of nitrogens with two attached hydrogens (primary N) is 1. The summed E-state index contributed by atoms with van der Waals surface area (Å²) < 4.78 is 23.4. The molecule has 2 fully saturated rings. The van der Waals surface area contributed by atoms with Crippen LogP contribution >= 0.6 is 0 Å². The lowest BCUT2D eigenvalue weighted by molar-refractivity contribution is -0.141. The molecule has 2 aromatic carbocycles. The maximum Gasteiger partial charge on any atom is 0.303 e. The molecule has 3 aliphatic rings. The number of carbonyl (C=O) groups is 1. The molecule has 0 amide bonds. The number of aliphatic hydroxyl groups excluding tert-OH is 2. The third kappa shape index (κ3) is 9.09. The first-order valence-electron chi connectivity index (χ1n) is 16.8. The Hall–Kier alpha value is -4.17. The first-order valence-corrected chi connectivity index (χ1v) is 16.8. The Morgan fingerprint density at radius 3 is 2.65 bits per heavy atom. The third-order valence-corrected chi connectivity index (χ3v) is 9.81. The highest BCUT2D eigenvalue weighted by Crippen LogP contribution is 2.46. The van der Waals surface area contributed by atoms with E-state index in [4.69, 9.17) is 29.8 Å². The van der Waals surface area contributed by atoms with Crippen molar-refractivity contribution < 1.29 is 49.3 Å². The van der Waals surface area contributed by atoms with Gasteiger partial charge < -0.3 is 60.8 Å². The number of aryl methyl sites for hydroxylation is 1. The normalized spacial score (nSPS) is 27.0. The number of methoxy groups -OCH3 is 1. The second kappa shape index (κ2) is 16.0. The summed E-state index contributed by atoms with van der Waals surface area (Å²) in [5.41, 5.74) is 7.88. The van der Waals surface area contributed by atoms with Crippen molar-refractivity contribution in [3.05, 3.63) is 65.0 Å². The van der Waals surface area contributed by atoms with Crippen LogP contribution in [-0.4, -0.2) is 82.8 Å². The highest BCUT2D eigenvalue weighted by molar-refractivity contribution is 5.68. The van der Waals surface area contributed by atoms with Crippen molar-refractivity contribution in [1.82, 2.24) is 10.6 Å². The number of dihydropyridines is 1. The average Bonchev–Trinajstić information content (AvgIpc) is 3.05. The molecule has 0 aliphatic carbocycles. The minimum absolute atomic E-state index is 0.0654. The Balaban J connectivity index is 1.33. The van der Waals surface area contributed by atoms with E-state index in [0.717, 1.165) is 17.6 Å². The van der Waals surface area contributed by atoms with Gasteiger partial charge in [-0.15, -0.1) is 0 Å². The molecule has 0 bridgehead atoms. The molecule has 0 spiro atoms. The molecule has 0 saturated carbocycles. The van der Waals surface area contributed by atoms with Crippen molar-refractivity contribution in [3.8, 4) is 28.7 Å². The summed E-state index contributed by atoms with van der Waals surface area (Å²) in [4.78, 5) is 12.2. The molecule has 268 valence electrons. The minimum Gasteiger partial charge on any atom is -0.504 e. The number of piperidine rings is 1. The summed E-state index contributed by atoms with van der Waals surface area (Å²) in [6.07, 6.45) is 6.30. The van der Waals surface area contributed by atoms with Crippen molar-refractivity contribution in [2.24, 2.45) is 11.1 Å². The van der Waals surface area contributed by atoms with Crippen LogP contribution in [0.2, 0.25) is 0 Å². The molecule has 13 heteroatoms. The summed E-state index contributed by atoms with van der Waals surface area (Å²) in [5, 5.41) is 57.7. The van der Waals surface area contributed by atoms with Crippen LogP contribution in [0.25, 0.3) is 0 Å². The van der Waals surface area contributed by atoms with E-state index in [1.807, 2.05) is 12.2 Å². The smallest absolute Gasteiger partial charge is 0.303 e. The fraction of sp³-hybridized carbons (Fsp3) is 0.528. The predicted octanol–water partition coefficient (Wildman–Crippen LogP) is 3.35. The highest BCUT2D eigenvalue weighted by Gasteiger charge is 2.45. The van der Waals surface area contributed by atoms with Crippen LogP contribution < -0.4 is 30.6 Å². The van der Waals surface area contributed by atoms with Crippen LogP contribution in [0.1, 0.15) is 69.1 Å².